The minimum absolute atomic E-state index is 0.194. The average Bonchev–Trinajstić information content (AvgIpc) is 3.17. The lowest BCUT2D eigenvalue weighted by Gasteiger charge is -2.32. The van der Waals surface area contributed by atoms with E-state index in [4.69, 9.17) is 5.73 Å². The fourth-order valence-electron chi connectivity index (χ4n) is 4.26. The molecule has 1 aliphatic carbocycles. The second-order valence-electron chi connectivity index (χ2n) is 7.75. The van der Waals surface area contributed by atoms with Crippen molar-refractivity contribution in [2.45, 2.75) is 63.5 Å². The van der Waals surface area contributed by atoms with Crippen molar-refractivity contribution in [1.82, 2.24) is 24.6 Å². The van der Waals surface area contributed by atoms with E-state index in [1.807, 2.05) is 4.90 Å². The summed E-state index contributed by atoms with van der Waals surface area (Å²) >= 11 is 0. The van der Waals surface area contributed by atoms with Crippen LogP contribution in [0.5, 0.6) is 0 Å². The maximum absolute atomic E-state index is 12.0. The number of hydrogen-bond donors (Lipinski definition) is 1. The summed E-state index contributed by atoms with van der Waals surface area (Å²) in [6, 6.07) is 0.611. The lowest BCUT2D eigenvalue weighted by Crippen LogP contribution is -2.39. The summed E-state index contributed by atoms with van der Waals surface area (Å²) in [5.74, 6) is 2.95. The first kappa shape index (κ1) is 17.0. The Morgan fingerprint density at radius 1 is 1.04 bits per heavy atom. The van der Waals surface area contributed by atoms with Gasteiger partial charge in [-0.25, -0.2) is 0 Å². The second kappa shape index (κ2) is 7.41. The fraction of sp³-hybridized carbons (Fsp3) is 0.833. The molecular weight excluding hydrogens is 316 g/mol. The van der Waals surface area contributed by atoms with Crippen molar-refractivity contribution in [3.8, 4) is 0 Å². The Morgan fingerprint density at radius 3 is 2.40 bits per heavy atom. The Kier molecular flexibility index (Phi) is 5.03. The SMILES string of the molecule is NCCC(=O)N1CCC(c2nnc(CN3CCCC3)n2C2CC2)CC1. The van der Waals surface area contributed by atoms with E-state index >= 15 is 0 Å². The van der Waals surface area contributed by atoms with Gasteiger partial charge < -0.3 is 15.2 Å². The average molecular weight is 346 g/mol. The minimum Gasteiger partial charge on any atom is -0.343 e. The van der Waals surface area contributed by atoms with E-state index in [2.05, 4.69) is 19.7 Å². The van der Waals surface area contributed by atoms with Gasteiger partial charge in [-0.3, -0.25) is 9.69 Å². The third-order valence-electron chi connectivity index (χ3n) is 5.84. The number of carbonyl (C=O) groups excluding carboxylic acids is 1. The molecule has 7 heteroatoms. The topological polar surface area (TPSA) is 80.3 Å². The van der Waals surface area contributed by atoms with Gasteiger partial charge in [0.05, 0.1) is 6.54 Å². The Morgan fingerprint density at radius 2 is 1.76 bits per heavy atom. The van der Waals surface area contributed by atoms with Crippen LogP contribution >= 0.6 is 0 Å². The molecule has 25 heavy (non-hydrogen) atoms. The first-order chi connectivity index (χ1) is 12.3. The van der Waals surface area contributed by atoms with Crippen molar-refractivity contribution < 1.29 is 4.79 Å². The molecule has 3 heterocycles. The summed E-state index contributed by atoms with van der Waals surface area (Å²) in [5.41, 5.74) is 5.51. The highest BCUT2D eigenvalue weighted by Crippen LogP contribution is 2.40. The van der Waals surface area contributed by atoms with Crippen LogP contribution in [0.25, 0.3) is 0 Å². The van der Waals surface area contributed by atoms with Crippen LogP contribution in [0.3, 0.4) is 0 Å². The molecule has 0 unspecified atom stereocenters. The normalized spacial score (nSPS) is 22.7. The van der Waals surface area contributed by atoms with Gasteiger partial charge in [0.2, 0.25) is 5.91 Å². The molecule has 1 saturated carbocycles. The van der Waals surface area contributed by atoms with E-state index in [-0.39, 0.29) is 5.91 Å². The van der Waals surface area contributed by atoms with Gasteiger partial charge in [-0.2, -0.15) is 0 Å². The molecule has 138 valence electrons. The molecule has 3 aliphatic rings. The van der Waals surface area contributed by atoms with E-state index in [0.717, 1.165) is 38.3 Å². The number of nitrogens with two attached hydrogens (primary N) is 1. The van der Waals surface area contributed by atoms with Crippen molar-refractivity contribution in [3.05, 3.63) is 11.6 Å². The maximum Gasteiger partial charge on any atom is 0.223 e. The highest BCUT2D eigenvalue weighted by molar-refractivity contribution is 5.76. The first-order valence-corrected chi connectivity index (χ1v) is 9.90. The summed E-state index contributed by atoms with van der Waals surface area (Å²) in [7, 11) is 0. The van der Waals surface area contributed by atoms with E-state index < -0.39 is 0 Å². The molecule has 2 aliphatic heterocycles. The summed E-state index contributed by atoms with van der Waals surface area (Å²) in [5, 5.41) is 9.19. The van der Waals surface area contributed by atoms with Crippen molar-refractivity contribution in [2.75, 3.05) is 32.7 Å². The number of nitrogens with zero attached hydrogens (tertiary/aromatic N) is 5. The Labute approximate surface area is 149 Å². The summed E-state index contributed by atoms with van der Waals surface area (Å²) in [6.45, 7) is 5.40. The highest BCUT2D eigenvalue weighted by atomic mass is 16.2. The molecule has 2 N–H and O–H groups in total. The molecule has 0 spiro atoms. The van der Waals surface area contributed by atoms with E-state index in [1.165, 1.54) is 44.6 Å². The molecule has 3 fully saturated rings. The Bertz CT molecular complexity index is 597. The van der Waals surface area contributed by atoms with Crippen LogP contribution in [0.1, 0.15) is 68.6 Å². The first-order valence-electron chi connectivity index (χ1n) is 9.90. The third-order valence-corrected chi connectivity index (χ3v) is 5.84. The van der Waals surface area contributed by atoms with Crippen LogP contribution < -0.4 is 5.73 Å². The molecule has 7 nitrogen and oxygen atoms in total. The van der Waals surface area contributed by atoms with Gasteiger partial charge in [0, 0.05) is 38.0 Å². The minimum atomic E-state index is 0.194. The van der Waals surface area contributed by atoms with Gasteiger partial charge >= 0.3 is 0 Å². The van der Waals surface area contributed by atoms with Crippen LogP contribution in [-0.2, 0) is 11.3 Å². The zero-order chi connectivity index (χ0) is 17.2. The van der Waals surface area contributed by atoms with Crippen LogP contribution in [0.2, 0.25) is 0 Å². The van der Waals surface area contributed by atoms with Gasteiger partial charge in [0.15, 0.2) is 0 Å². The van der Waals surface area contributed by atoms with Gasteiger partial charge in [0.1, 0.15) is 11.6 Å². The van der Waals surface area contributed by atoms with E-state index in [1.54, 1.807) is 0 Å². The number of amides is 1. The number of likely N-dealkylation sites (tertiary alicyclic amines) is 2. The third kappa shape index (κ3) is 3.72. The molecule has 0 radical (unpaired) electrons. The predicted octanol–water partition coefficient (Wildman–Crippen LogP) is 1.26. The Hall–Kier alpha value is -1.47. The summed E-state index contributed by atoms with van der Waals surface area (Å²) in [6.07, 6.45) is 7.57. The van der Waals surface area contributed by atoms with Crippen molar-refractivity contribution >= 4 is 5.91 Å². The smallest absolute Gasteiger partial charge is 0.223 e. The lowest BCUT2D eigenvalue weighted by molar-refractivity contribution is -0.132. The van der Waals surface area contributed by atoms with E-state index in [9.17, 15) is 4.79 Å². The molecule has 0 aromatic carbocycles. The van der Waals surface area contributed by atoms with E-state index in [0.29, 0.717) is 24.9 Å². The predicted molar refractivity (Wildman–Crippen MR) is 95.0 cm³/mol. The summed E-state index contributed by atoms with van der Waals surface area (Å²) in [4.78, 5) is 16.5. The largest absolute Gasteiger partial charge is 0.343 e. The molecule has 1 aromatic heterocycles. The number of rotatable bonds is 6. The fourth-order valence-corrected chi connectivity index (χ4v) is 4.26. The van der Waals surface area contributed by atoms with Crippen molar-refractivity contribution in [1.29, 1.82) is 0 Å². The lowest BCUT2D eigenvalue weighted by atomic mass is 9.95. The molecule has 2 saturated heterocycles. The Balaban J connectivity index is 1.44. The highest BCUT2D eigenvalue weighted by Gasteiger charge is 2.34. The van der Waals surface area contributed by atoms with Crippen LogP contribution in [0.15, 0.2) is 0 Å². The quantitative estimate of drug-likeness (QED) is 0.839. The van der Waals surface area contributed by atoms with Crippen LogP contribution in [0.4, 0.5) is 0 Å². The monoisotopic (exact) mass is 346 g/mol. The van der Waals surface area contributed by atoms with Gasteiger partial charge in [0.25, 0.3) is 0 Å². The standard InChI is InChI=1S/C18H30N6O/c19-8-5-17(25)23-11-6-14(7-12-23)18-21-20-16(24(18)15-3-4-15)13-22-9-1-2-10-22/h14-15H,1-13,19H2. The molecule has 1 amide bonds. The molecule has 0 bridgehead atoms. The number of hydrogen-bond acceptors (Lipinski definition) is 5. The van der Waals surface area contributed by atoms with Gasteiger partial charge in [-0.15, -0.1) is 10.2 Å². The zero-order valence-electron chi connectivity index (χ0n) is 15.1. The van der Waals surface area contributed by atoms with Gasteiger partial charge in [-0.05, 0) is 51.6 Å². The summed E-state index contributed by atoms with van der Waals surface area (Å²) < 4.78 is 2.44. The molecule has 1 aromatic rings. The molecule has 4 rings (SSSR count). The second-order valence-corrected chi connectivity index (χ2v) is 7.75. The number of aromatic nitrogens is 3. The number of carbonyl (C=O) groups is 1. The van der Waals surface area contributed by atoms with Crippen molar-refractivity contribution in [2.24, 2.45) is 5.73 Å². The van der Waals surface area contributed by atoms with Crippen molar-refractivity contribution in [3.63, 3.8) is 0 Å². The molecule has 0 atom stereocenters. The zero-order valence-corrected chi connectivity index (χ0v) is 15.1. The van der Waals surface area contributed by atoms with Gasteiger partial charge in [-0.1, -0.05) is 0 Å². The number of piperidine rings is 1. The van der Waals surface area contributed by atoms with Crippen LogP contribution in [-0.4, -0.2) is 63.2 Å². The maximum atomic E-state index is 12.0. The molecular formula is C18H30N6O. The van der Waals surface area contributed by atoms with Crippen LogP contribution in [0, 0.1) is 0 Å².